The van der Waals surface area contributed by atoms with Gasteiger partial charge in [0.05, 0.1) is 10.6 Å². The SMILES string of the molecule is O=P1(C(O)c2ccc(C(O)P3(=O)Oc4ccccc4-c4ccccc43)cc2)Oc2ccccc2-c2ccccc21. The first-order valence-electron chi connectivity index (χ1n) is 12.8. The van der Waals surface area contributed by atoms with E-state index in [1.807, 2.05) is 48.5 Å². The second kappa shape index (κ2) is 9.33. The topological polar surface area (TPSA) is 93.1 Å². The smallest absolute Gasteiger partial charge is 0.310 e. The van der Waals surface area contributed by atoms with E-state index in [1.165, 1.54) is 0 Å². The zero-order valence-electron chi connectivity index (χ0n) is 21.1. The molecule has 0 spiro atoms. The van der Waals surface area contributed by atoms with Gasteiger partial charge in [-0.2, -0.15) is 0 Å². The molecule has 40 heavy (non-hydrogen) atoms. The monoisotopic (exact) mass is 566 g/mol. The van der Waals surface area contributed by atoms with E-state index in [1.54, 1.807) is 72.8 Å². The number of benzene rings is 5. The van der Waals surface area contributed by atoms with E-state index in [0.717, 1.165) is 22.3 Å². The van der Waals surface area contributed by atoms with Crippen molar-refractivity contribution < 1.29 is 28.4 Å². The maximum absolute atomic E-state index is 14.3. The quantitative estimate of drug-likeness (QED) is 0.228. The molecule has 2 aliphatic rings. The van der Waals surface area contributed by atoms with Gasteiger partial charge in [-0.3, -0.25) is 9.13 Å². The van der Waals surface area contributed by atoms with Crippen molar-refractivity contribution in [1.29, 1.82) is 0 Å². The number of hydrogen-bond donors (Lipinski definition) is 2. The zero-order valence-corrected chi connectivity index (χ0v) is 22.9. The van der Waals surface area contributed by atoms with Gasteiger partial charge in [0.2, 0.25) is 0 Å². The minimum absolute atomic E-state index is 0.349. The molecule has 0 saturated heterocycles. The molecule has 4 unspecified atom stereocenters. The van der Waals surface area contributed by atoms with Crippen LogP contribution in [-0.2, 0) is 9.13 Å². The van der Waals surface area contributed by atoms with Crippen LogP contribution in [0.3, 0.4) is 0 Å². The summed E-state index contributed by atoms with van der Waals surface area (Å²) in [6.07, 6.45) is 0. The minimum Gasteiger partial charge on any atom is -0.437 e. The van der Waals surface area contributed by atoms with E-state index < -0.39 is 26.4 Å². The third-order valence-electron chi connectivity index (χ3n) is 7.48. The highest BCUT2D eigenvalue weighted by molar-refractivity contribution is 7.68. The van der Waals surface area contributed by atoms with Crippen molar-refractivity contribution in [3.63, 3.8) is 0 Å². The Morgan fingerprint density at radius 3 is 1.18 bits per heavy atom. The van der Waals surface area contributed by atoms with Gasteiger partial charge in [0.15, 0.2) is 11.7 Å². The first kappa shape index (κ1) is 25.1. The zero-order chi connectivity index (χ0) is 27.5. The van der Waals surface area contributed by atoms with Crippen LogP contribution < -0.4 is 19.7 Å². The summed E-state index contributed by atoms with van der Waals surface area (Å²) in [4.78, 5) is 0. The van der Waals surface area contributed by atoms with E-state index in [9.17, 15) is 19.3 Å². The molecule has 2 N–H and O–H groups in total. The van der Waals surface area contributed by atoms with Crippen LogP contribution >= 0.6 is 14.7 Å². The number of hydrogen-bond acceptors (Lipinski definition) is 6. The highest BCUT2D eigenvalue weighted by Crippen LogP contribution is 2.64. The summed E-state index contributed by atoms with van der Waals surface area (Å²) >= 11 is 0. The number of fused-ring (bicyclic) bond motifs is 6. The molecule has 8 heteroatoms. The van der Waals surface area contributed by atoms with E-state index in [-0.39, 0.29) is 0 Å². The van der Waals surface area contributed by atoms with Crippen molar-refractivity contribution in [1.82, 2.24) is 0 Å². The second-order valence-electron chi connectivity index (χ2n) is 9.82. The predicted molar refractivity (Wildman–Crippen MR) is 156 cm³/mol. The predicted octanol–water partition coefficient (Wildman–Crippen LogP) is 6.99. The third kappa shape index (κ3) is 3.72. The van der Waals surface area contributed by atoms with Crippen LogP contribution in [0.4, 0.5) is 0 Å². The Kier molecular flexibility index (Phi) is 5.85. The number of aliphatic hydroxyl groups is 2. The number of aliphatic hydroxyl groups excluding tert-OH is 2. The van der Waals surface area contributed by atoms with Gasteiger partial charge in [-0.15, -0.1) is 0 Å². The van der Waals surface area contributed by atoms with Crippen LogP contribution in [0.5, 0.6) is 11.5 Å². The molecule has 0 bridgehead atoms. The Labute approximate surface area is 231 Å². The molecule has 4 atom stereocenters. The molecule has 198 valence electrons. The van der Waals surface area contributed by atoms with Crippen molar-refractivity contribution in [2.24, 2.45) is 0 Å². The van der Waals surface area contributed by atoms with Gasteiger partial charge >= 0.3 is 14.7 Å². The van der Waals surface area contributed by atoms with Gasteiger partial charge in [-0.1, -0.05) is 97.1 Å². The van der Waals surface area contributed by atoms with Crippen molar-refractivity contribution in [2.75, 3.05) is 0 Å². The molecule has 0 radical (unpaired) electrons. The van der Waals surface area contributed by atoms with E-state index in [0.29, 0.717) is 33.2 Å². The molecule has 0 aliphatic carbocycles. The average Bonchev–Trinajstić information content (AvgIpc) is 3.01. The molecule has 7 rings (SSSR count). The summed E-state index contributed by atoms with van der Waals surface area (Å²) in [5.74, 6) is -2.02. The molecule has 0 aromatic heterocycles. The normalized spacial score (nSPS) is 21.9. The van der Waals surface area contributed by atoms with Crippen LogP contribution in [0, 0.1) is 0 Å². The first-order valence-corrected chi connectivity index (χ1v) is 16.2. The summed E-state index contributed by atoms with van der Waals surface area (Å²) in [6, 6.07) is 35.4. The van der Waals surface area contributed by atoms with E-state index in [4.69, 9.17) is 9.05 Å². The lowest BCUT2D eigenvalue weighted by Crippen LogP contribution is -2.22. The summed E-state index contributed by atoms with van der Waals surface area (Å²) in [6.45, 7) is 0. The maximum atomic E-state index is 14.3. The van der Waals surface area contributed by atoms with Crippen LogP contribution in [0.25, 0.3) is 22.3 Å². The van der Waals surface area contributed by atoms with Crippen LogP contribution in [0.1, 0.15) is 22.8 Å². The summed E-state index contributed by atoms with van der Waals surface area (Å²) in [7, 11) is -7.59. The molecule has 2 heterocycles. The number of rotatable bonds is 4. The Morgan fingerprint density at radius 1 is 0.450 bits per heavy atom. The summed E-state index contributed by atoms with van der Waals surface area (Å²) < 4.78 is 40.6. The standard InChI is InChI=1S/C32H24O6P2/c33-31(39(35)29-15-7-3-11-25(29)23-9-1-5-13-27(23)37-39)21-17-19-22(20-18-21)32(34)40(36)30-16-8-4-12-26(30)24-10-2-6-14-28(24)38-40/h1-20,31-34H. The molecule has 5 aromatic rings. The fraction of sp³-hybridized carbons (Fsp3) is 0.0625. The van der Waals surface area contributed by atoms with Crippen molar-refractivity contribution >= 4 is 25.3 Å². The van der Waals surface area contributed by atoms with Crippen molar-refractivity contribution in [3.05, 3.63) is 132 Å². The van der Waals surface area contributed by atoms with E-state index in [2.05, 4.69) is 0 Å². The molecule has 6 nitrogen and oxygen atoms in total. The fourth-order valence-corrected chi connectivity index (χ4v) is 10.1. The lowest BCUT2D eigenvalue weighted by atomic mass is 10.0. The Bertz CT molecular complexity index is 1730. The van der Waals surface area contributed by atoms with Crippen LogP contribution in [0.2, 0.25) is 0 Å². The summed E-state index contributed by atoms with van der Waals surface area (Å²) in [5.41, 5.74) is 3.84. The molecular formula is C32H24O6P2. The number of para-hydroxylation sites is 2. The first-order chi connectivity index (χ1) is 19.4. The molecule has 2 aliphatic heterocycles. The lowest BCUT2D eigenvalue weighted by Gasteiger charge is -2.32. The maximum Gasteiger partial charge on any atom is 0.310 e. The Balaban J connectivity index is 1.23. The van der Waals surface area contributed by atoms with Crippen LogP contribution in [-0.4, -0.2) is 10.2 Å². The van der Waals surface area contributed by atoms with Crippen molar-refractivity contribution in [3.8, 4) is 33.8 Å². The highest BCUT2D eigenvalue weighted by Gasteiger charge is 2.45. The van der Waals surface area contributed by atoms with Gasteiger partial charge in [0.25, 0.3) is 0 Å². The molecule has 0 saturated carbocycles. The Morgan fingerprint density at radius 2 is 0.775 bits per heavy atom. The molecule has 5 aromatic carbocycles. The fourth-order valence-electron chi connectivity index (χ4n) is 5.47. The van der Waals surface area contributed by atoms with Gasteiger partial charge in [0, 0.05) is 11.1 Å². The average molecular weight is 566 g/mol. The third-order valence-corrected chi connectivity index (χ3v) is 12.4. The van der Waals surface area contributed by atoms with Crippen molar-refractivity contribution in [2.45, 2.75) is 11.7 Å². The largest absolute Gasteiger partial charge is 0.437 e. The lowest BCUT2D eigenvalue weighted by molar-refractivity contribution is 0.236. The molecule has 0 amide bonds. The highest BCUT2D eigenvalue weighted by atomic mass is 31.2. The van der Waals surface area contributed by atoms with Crippen LogP contribution in [0.15, 0.2) is 121 Å². The Hall–Kier alpha value is -3.92. The van der Waals surface area contributed by atoms with E-state index >= 15 is 0 Å². The van der Waals surface area contributed by atoms with Gasteiger partial charge < -0.3 is 19.3 Å². The van der Waals surface area contributed by atoms with Gasteiger partial charge in [-0.05, 0) is 46.5 Å². The molecular weight excluding hydrogens is 542 g/mol. The molecule has 0 fully saturated rings. The van der Waals surface area contributed by atoms with Gasteiger partial charge in [-0.25, -0.2) is 0 Å². The minimum atomic E-state index is -3.79. The second-order valence-corrected chi connectivity index (χ2v) is 14.5. The van der Waals surface area contributed by atoms with Gasteiger partial charge in [0.1, 0.15) is 11.5 Å². The summed E-state index contributed by atoms with van der Waals surface area (Å²) in [5, 5.41) is 23.7.